The van der Waals surface area contributed by atoms with E-state index in [0.717, 1.165) is 12.1 Å². The van der Waals surface area contributed by atoms with Gasteiger partial charge in [-0.15, -0.1) is 0 Å². The second kappa shape index (κ2) is 4.52. The van der Waals surface area contributed by atoms with Crippen molar-refractivity contribution in [2.45, 2.75) is 17.2 Å². The molecule has 0 spiro atoms. The van der Waals surface area contributed by atoms with E-state index < -0.39 is 21.9 Å². The van der Waals surface area contributed by atoms with Gasteiger partial charge in [-0.2, -0.15) is 21.6 Å². The number of hydrogen-bond donors (Lipinski definition) is 0. The Hall–Kier alpha value is -1.12. The topological polar surface area (TPSA) is 55.9 Å². The molecule has 8 heteroatoms. The lowest BCUT2D eigenvalue weighted by atomic mass is 10.2. The molecule has 0 bridgehead atoms. The number of hydrogen-bond acceptors (Lipinski definition) is 4. The van der Waals surface area contributed by atoms with Crippen molar-refractivity contribution in [2.75, 3.05) is 13.2 Å². The highest BCUT2D eigenvalue weighted by atomic mass is 32.2. The van der Waals surface area contributed by atoms with Gasteiger partial charge in [-0.25, -0.2) is 0 Å². The van der Waals surface area contributed by atoms with E-state index in [2.05, 4.69) is 4.18 Å². The molecule has 0 saturated carbocycles. The van der Waals surface area contributed by atoms with E-state index in [9.17, 15) is 21.6 Å². The fourth-order valence-electron chi connectivity index (χ4n) is 1.21. The van der Waals surface area contributed by atoms with Crippen LogP contribution in [0, 0.1) is 0 Å². The third-order valence-corrected chi connectivity index (χ3v) is 3.58. The van der Waals surface area contributed by atoms with Crippen LogP contribution in [0.25, 0.3) is 0 Å². The highest BCUT2D eigenvalue weighted by Gasteiger charge is 2.31. The van der Waals surface area contributed by atoms with Crippen molar-refractivity contribution in [1.29, 1.82) is 0 Å². The van der Waals surface area contributed by atoms with Gasteiger partial charge in [-0.05, 0) is 24.3 Å². The molecule has 4 nitrogen and oxygen atoms in total. The molecule has 0 amide bonds. The maximum atomic E-state index is 12.3. The number of halogens is 3. The van der Waals surface area contributed by atoms with Gasteiger partial charge in [-0.1, -0.05) is 0 Å². The molecule has 1 aromatic carbocycles. The number of epoxide rings is 1. The second-order valence-corrected chi connectivity index (χ2v) is 5.33. The Morgan fingerprint density at radius 2 is 1.83 bits per heavy atom. The van der Waals surface area contributed by atoms with Crippen LogP contribution in [-0.2, 0) is 25.2 Å². The zero-order chi connectivity index (χ0) is 13.4. The number of alkyl halides is 3. The Labute approximate surface area is 101 Å². The molecule has 1 aliphatic heterocycles. The first-order chi connectivity index (χ1) is 8.29. The first-order valence-electron chi connectivity index (χ1n) is 4.97. The Balaban J connectivity index is 2.12. The summed E-state index contributed by atoms with van der Waals surface area (Å²) in [5.74, 6) is 0. The predicted octanol–water partition coefficient (Wildman–Crippen LogP) is 1.81. The molecule has 100 valence electrons. The molecule has 0 radical (unpaired) electrons. The summed E-state index contributed by atoms with van der Waals surface area (Å²) >= 11 is 0. The zero-order valence-electron chi connectivity index (χ0n) is 8.98. The van der Waals surface area contributed by atoms with E-state index in [0.29, 0.717) is 18.7 Å². The van der Waals surface area contributed by atoms with Crippen molar-refractivity contribution in [1.82, 2.24) is 0 Å². The van der Waals surface area contributed by atoms with Crippen molar-refractivity contribution >= 4 is 10.1 Å². The van der Waals surface area contributed by atoms with Crippen LogP contribution in [0.4, 0.5) is 13.2 Å². The summed E-state index contributed by atoms with van der Waals surface area (Å²) in [6.07, 6.45) is -4.74. The van der Waals surface area contributed by atoms with Crippen LogP contribution in [0.1, 0.15) is 5.56 Å². The lowest BCUT2D eigenvalue weighted by molar-refractivity contribution is -0.137. The molecule has 2 rings (SSSR count). The van der Waals surface area contributed by atoms with E-state index in [1.807, 2.05) is 0 Å². The minimum atomic E-state index is -4.50. The standard InChI is InChI=1S/C10H9F3O4S/c11-10(12,13)7-1-3-9(4-2-7)18(14,15)17-6-8-5-16-8/h1-4,8H,5-6H2/t8-/m1/s1. The van der Waals surface area contributed by atoms with Gasteiger partial charge in [0, 0.05) is 0 Å². The SMILES string of the molecule is O=S(=O)(OC[C@H]1CO1)c1ccc(C(F)(F)F)cc1. The van der Waals surface area contributed by atoms with Crippen molar-refractivity contribution in [3.05, 3.63) is 29.8 Å². The Bertz CT molecular complexity index is 517. The maximum Gasteiger partial charge on any atom is 0.416 e. The summed E-state index contributed by atoms with van der Waals surface area (Å²) in [7, 11) is -4.02. The molecule has 18 heavy (non-hydrogen) atoms. The van der Waals surface area contributed by atoms with Gasteiger partial charge in [-0.3, -0.25) is 4.18 Å². The molecular weight excluding hydrogens is 273 g/mol. The average molecular weight is 282 g/mol. The van der Waals surface area contributed by atoms with E-state index in [1.54, 1.807) is 0 Å². The minimum Gasteiger partial charge on any atom is -0.371 e. The van der Waals surface area contributed by atoms with Gasteiger partial charge in [0.2, 0.25) is 0 Å². The molecule has 0 aromatic heterocycles. The van der Waals surface area contributed by atoms with Crippen LogP contribution in [0.15, 0.2) is 29.2 Å². The maximum absolute atomic E-state index is 12.3. The van der Waals surface area contributed by atoms with Gasteiger partial charge >= 0.3 is 6.18 Å². The molecule has 1 fully saturated rings. The zero-order valence-corrected chi connectivity index (χ0v) is 9.79. The molecule has 1 atom stereocenters. The molecule has 1 aromatic rings. The fraction of sp³-hybridized carbons (Fsp3) is 0.400. The number of rotatable bonds is 4. The summed E-state index contributed by atoms with van der Waals surface area (Å²) in [6, 6.07) is 3.13. The molecule has 1 saturated heterocycles. The molecule has 0 unspecified atom stereocenters. The van der Waals surface area contributed by atoms with Crippen LogP contribution in [0.2, 0.25) is 0 Å². The quantitative estimate of drug-likeness (QED) is 0.624. The largest absolute Gasteiger partial charge is 0.416 e. The summed E-state index contributed by atoms with van der Waals surface area (Å²) in [4.78, 5) is -0.309. The van der Waals surface area contributed by atoms with Crippen LogP contribution >= 0.6 is 0 Å². The first-order valence-corrected chi connectivity index (χ1v) is 6.38. The second-order valence-electron chi connectivity index (χ2n) is 3.72. The van der Waals surface area contributed by atoms with Crippen LogP contribution < -0.4 is 0 Å². The van der Waals surface area contributed by atoms with Crippen LogP contribution in [0.3, 0.4) is 0 Å². The number of ether oxygens (including phenoxy) is 1. The average Bonchev–Trinajstić information content (AvgIpc) is 3.09. The molecule has 0 N–H and O–H groups in total. The highest BCUT2D eigenvalue weighted by Crippen LogP contribution is 2.30. The summed E-state index contributed by atoms with van der Waals surface area (Å²) in [5, 5.41) is 0. The van der Waals surface area contributed by atoms with E-state index in [-0.39, 0.29) is 17.6 Å². The van der Waals surface area contributed by atoms with E-state index in [1.165, 1.54) is 0 Å². The number of benzene rings is 1. The van der Waals surface area contributed by atoms with Crippen molar-refractivity contribution in [3.8, 4) is 0 Å². The summed E-state index contributed by atoms with van der Waals surface area (Å²) in [5.41, 5.74) is -0.910. The Morgan fingerprint density at radius 1 is 1.28 bits per heavy atom. The Kier molecular flexibility index (Phi) is 3.35. The fourth-order valence-corrected chi connectivity index (χ4v) is 2.14. The first kappa shape index (κ1) is 13.3. The normalized spacial score (nSPS) is 19.8. The molecule has 1 aliphatic rings. The third-order valence-electron chi connectivity index (χ3n) is 2.28. The third kappa shape index (κ3) is 3.21. The smallest absolute Gasteiger partial charge is 0.371 e. The predicted molar refractivity (Wildman–Crippen MR) is 54.3 cm³/mol. The van der Waals surface area contributed by atoms with Crippen molar-refractivity contribution in [2.24, 2.45) is 0 Å². The monoisotopic (exact) mass is 282 g/mol. The van der Waals surface area contributed by atoms with Crippen molar-refractivity contribution < 1.29 is 30.5 Å². The van der Waals surface area contributed by atoms with Gasteiger partial charge in [0.25, 0.3) is 10.1 Å². The van der Waals surface area contributed by atoms with E-state index >= 15 is 0 Å². The summed E-state index contributed by atoms with van der Waals surface area (Å²) in [6.45, 7) is 0.311. The lowest BCUT2D eigenvalue weighted by Crippen LogP contribution is -2.11. The molecule has 0 aliphatic carbocycles. The Morgan fingerprint density at radius 3 is 2.28 bits per heavy atom. The molecular formula is C10H9F3O4S. The lowest BCUT2D eigenvalue weighted by Gasteiger charge is -2.08. The van der Waals surface area contributed by atoms with Crippen molar-refractivity contribution in [3.63, 3.8) is 0 Å². The molecule has 1 heterocycles. The van der Waals surface area contributed by atoms with Gasteiger partial charge < -0.3 is 4.74 Å². The van der Waals surface area contributed by atoms with Crippen LogP contribution in [-0.4, -0.2) is 27.7 Å². The van der Waals surface area contributed by atoms with E-state index in [4.69, 9.17) is 4.74 Å². The van der Waals surface area contributed by atoms with Crippen LogP contribution in [0.5, 0.6) is 0 Å². The van der Waals surface area contributed by atoms with Gasteiger partial charge in [0.15, 0.2) is 0 Å². The summed E-state index contributed by atoms with van der Waals surface area (Å²) < 4.78 is 69.4. The van der Waals surface area contributed by atoms with Gasteiger partial charge in [0.1, 0.15) is 6.10 Å². The van der Waals surface area contributed by atoms with Gasteiger partial charge in [0.05, 0.1) is 23.7 Å². The highest BCUT2D eigenvalue weighted by molar-refractivity contribution is 7.86. The minimum absolute atomic E-state index is 0.122.